The van der Waals surface area contributed by atoms with Crippen molar-refractivity contribution >= 4 is 28.7 Å². The van der Waals surface area contributed by atoms with Crippen LogP contribution < -0.4 is 15.6 Å². The summed E-state index contributed by atoms with van der Waals surface area (Å²) in [5.41, 5.74) is -0.458. The van der Waals surface area contributed by atoms with E-state index in [1.54, 1.807) is 11.8 Å². The Morgan fingerprint density at radius 1 is 1.24 bits per heavy atom. The molecule has 3 aromatic rings. The lowest BCUT2D eigenvalue weighted by Gasteiger charge is -2.20. The molecule has 1 unspecified atom stereocenters. The number of hydrogen-bond acceptors (Lipinski definition) is 6. The van der Waals surface area contributed by atoms with E-state index in [1.165, 1.54) is 42.0 Å². The maximum Gasteiger partial charge on any atom is 0.343 e. The molecule has 10 heteroatoms. The number of aromatic nitrogens is 2. The smallest absolute Gasteiger partial charge is 0.343 e. The number of benzene rings is 1. The Morgan fingerprint density at radius 3 is 2.64 bits per heavy atom. The molecule has 3 heterocycles. The summed E-state index contributed by atoms with van der Waals surface area (Å²) in [5.74, 6) is -2.19. The second kappa shape index (κ2) is 8.97. The molecule has 0 saturated carbocycles. The van der Waals surface area contributed by atoms with E-state index in [2.05, 4.69) is 10.3 Å². The van der Waals surface area contributed by atoms with Crippen LogP contribution in [0.25, 0.3) is 16.7 Å². The fourth-order valence-electron chi connectivity index (χ4n) is 3.95. The number of amides is 1. The Bertz CT molecular complexity index is 1290. The molecule has 4 rings (SSSR count). The number of ether oxygens (including phenoxy) is 1. The molecule has 1 saturated heterocycles. The molecule has 1 aromatic carbocycles. The van der Waals surface area contributed by atoms with Crippen molar-refractivity contribution in [3.63, 3.8) is 0 Å². The van der Waals surface area contributed by atoms with Gasteiger partial charge < -0.3 is 19.5 Å². The molecule has 2 aromatic heterocycles. The minimum absolute atomic E-state index is 0.0227. The Hall–Kier alpha value is -3.82. The van der Waals surface area contributed by atoms with Gasteiger partial charge in [0.05, 0.1) is 12.0 Å². The van der Waals surface area contributed by atoms with E-state index in [9.17, 15) is 18.8 Å². The zero-order valence-corrected chi connectivity index (χ0v) is 18.1. The summed E-state index contributed by atoms with van der Waals surface area (Å²) in [4.78, 5) is 42.9. The third-order valence-corrected chi connectivity index (χ3v) is 5.41. The number of esters is 1. The van der Waals surface area contributed by atoms with E-state index in [-0.39, 0.29) is 41.0 Å². The molecule has 0 bridgehead atoms. The van der Waals surface area contributed by atoms with Gasteiger partial charge in [-0.15, -0.1) is 0 Å². The first-order valence-electron chi connectivity index (χ1n) is 10.5. The number of pyridine rings is 2. The van der Waals surface area contributed by atoms with Gasteiger partial charge in [0.2, 0.25) is 11.3 Å². The van der Waals surface area contributed by atoms with Gasteiger partial charge in [0.1, 0.15) is 11.4 Å². The van der Waals surface area contributed by atoms with Crippen LogP contribution in [0.4, 0.5) is 14.6 Å². The average Bonchev–Trinajstić information content (AvgIpc) is 3.22. The fraction of sp³-hybridized carbons (Fsp3) is 0.304. The molecular formula is C23H22F2N4O4. The SMILES string of the molecule is CCOC(=O)c1cn(-c2ccc(F)cc2)c2nc(N3CCC(NC(C)=O)C3)c(F)cc2c1=O. The first kappa shape index (κ1) is 22.4. The first-order valence-corrected chi connectivity index (χ1v) is 10.5. The lowest BCUT2D eigenvalue weighted by Crippen LogP contribution is -2.36. The molecule has 0 radical (unpaired) electrons. The van der Waals surface area contributed by atoms with E-state index in [0.29, 0.717) is 25.2 Å². The van der Waals surface area contributed by atoms with Crippen molar-refractivity contribution in [2.45, 2.75) is 26.3 Å². The van der Waals surface area contributed by atoms with Crippen LogP contribution in [0.15, 0.2) is 41.3 Å². The van der Waals surface area contributed by atoms with Crippen LogP contribution in [0.3, 0.4) is 0 Å². The van der Waals surface area contributed by atoms with E-state index in [0.717, 1.165) is 6.07 Å². The zero-order chi connectivity index (χ0) is 23.7. The van der Waals surface area contributed by atoms with Crippen molar-refractivity contribution in [2.75, 3.05) is 24.6 Å². The number of carbonyl (C=O) groups is 2. The molecule has 8 nitrogen and oxygen atoms in total. The van der Waals surface area contributed by atoms with Gasteiger partial charge in [-0.25, -0.2) is 18.6 Å². The van der Waals surface area contributed by atoms with Crippen LogP contribution in [0.1, 0.15) is 30.6 Å². The predicted octanol–water partition coefficient (Wildman–Crippen LogP) is 2.56. The average molecular weight is 456 g/mol. The molecule has 0 spiro atoms. The van der Waals surface area contributed by atoms with Gasteiger partial charge in [-0.05, 0) is 43.7 Å². The highest BCUT2D eigenvalue weighted by Gasteiger charge is 2.28. The second-order valence-electron chi connectivity index (χ2n) is 7.74. The molecule has 172 valence electrons. The number of nitrogens with zero attached hydrogens (tertiary/aromatic N) is 3. The monoisotopic (exact) mass is 456 g/mol. The molecular weight excluding hydrogens is 434 g/mol. The highest BCUT2D eigenvalue weighted by atomic mass is 19.1. The molecule has 1 fully saturated rings. The number of hydrogen-bond donors (Lipinski definition) is 1. The summed E-state index contributed by atoms with van der Waals surface area (Å²) >= 11 is 0. The van der Waals surface area contributed by atoms with Crippen molar-refractivity contribution < 1.29 is 23.1 Å². The van der Waals surface area contributed by atoms with Crippen LogP contribution in [0, 0.1) is 11.6 Å². The van der Waals surface area contributed by atoms with Gasteiger partial charge in [0.15, 0.2) is 17.3 Å². The summed E-state index contributed by atoms with van der Waals surface area (Å²) < 4.78 is 35.0. The predicted molar refractivity (Wildman–Crippen MR) is 118 cm³/mol. The standard InChI is InChI=1S/C23H22F2N4O4/c1-3-33-23(32)18-12-29(16-6-4-14(24)5-7-16)21-17(20(18)31)10-19(25)22(27-21)28-9-8-15(11-28)26-13(2)30/h4-7,10,12,15H,3,8-9,11H2,1-2H3,(H,26,30). The topological polar surface area (TPSA) is 93.5 Å². The number of nitrogens with one attached hydrogen (secondary N) is 1. The maximum atomic E-state index is 15.1. The summed E-state index contributed by atoms with van der Waals surface area (Å²) in [6.07, 6.45) is 1.89. The molecule has 1 atom stereocenters. The van der Waals surface area contributed by atoms with Crippen molar-refractivity contribution in [2.24, 2.45) is 0 Å². The Labute approximate surface area is 187 Å². The van der Waals surface area contributed by atoms with Gasteiger partial charge in [0, 0.05) is 37.9 Å². The molecule has 33 heavy (non-hydrogen) atoms. The van der Waals surface area contributed by atoms with E-state index in [4.69, 9.17) is 4.74 Å². The third-order valence-electron chi connectivity index (χ3n) is 5.41. The first-order chi connectivity index (χ1) is 15.8. The second-order valence-corrected chi connectivity index (χ2v) is 7.74. The minimum Gasteiger partial charge on any atom is -0.462 e. The quantitative estimate of drug-likeness (QED) is 0.594. The Kier molecular flexibility index (Phi) is 6.08. The maximum absolute atomic E-state index is 15.1. The van der Waals surface area contributed by atoms with E-state index < -0.39 is 23.0 Å². The van der Waals surface area contributed by atoms with Gasteiger partial charge in [-0.3, -0.25) is 9.59 Å². The van der Waals surface area contributed by atoms with Crippen molar-refractivity contribution in [3.05, 3.63) is 63.9 Å². The molecule has 0 aliphatic carbocycles. The largest absolute Gasteiger partial charge is 0.462 e. The summed E-state index contributed by atoms with van der Waals surface area (Å²) in [6, 6.07) is 6.28. The Balaban J connectivity index is 1.89. The molecule has 1 N–H and O–H groups in total. The van der Waals surface area contributed by atoms with Gasteiger partial charge in [0.25, 0.3) is 0 Å². The number of carbonyl (C=O) groups excluding carboxylic acids is 2. The van der Waals surface area contributed by atoms with Crippen LogP contribution >= 0.6 is 0 Å². The van der Waals surface area contributed by atoms with Gasteiger partial charge in [-0.2, -0.15) is 0 Å². The summed E-state index contributed by atoms with van der Waals surface area (Å²) in [7, 11) is 0. The van der Waals surface area contributed by atoms with Crippen LogP contribution in [-0.2, 0) is 9.53 Å². The van der Waals surface area contributed by atoms with Crippen LogP contribution in [0.2, 0.25) is 0 Å². The zero-order valence-electron chi connectivity index (χ0n) is 18.1. The number of halogens is 2. The van der Waals surface area contributed by atoms with Gasteiger partial charge >= 0.3 is 5.97 Å². The minimum atomic E-state index is -0.845. The van der Waals surface area contributed by atoms with Crippen LogP contribution in [0.5, 0.6) is 0 Å². The highest BCUT2D eigenvalue weighted by molar-refractivity contribution is 5.94. The van der Waals surface area contributed by atoms with E-state index >= 15 is 4.39 Å². The van der Waals surface area contributed by atoms with Gasteiger partial charge in [-0.1, -0.05) is 0 Å². The van der Waals surface area contributed by atoms with E-state index in [1.807, 2.05) is 0 Å². The lowest BCUT2D eigenvalue weighted by atomic mass is 10.1. The van der Waals surface area contributed by atoms with Crippen molar-refractivity contribution in [1.29, 1.82) is 0 Å². The molecule has 1 aliphatic rings. The number of anilines is 1. The number of fused-ring (bicyclic) bond motifs is 1. The normalized spacial score (nSPS) is 15.6. The van der Waals surface area contributed by atoms with Crippen molar-refractivity contribution in [1.82, 2.24) is 14.9 Å². The molecule has 1 aliphatic heterocycles. The van der Waals surface area contributed by atoms with Crippen molar-refractivity contribution in [3.8, 4) is 5.69 Å². The summed E-state index contributed by atoms with van der Waals surface area (Å²) in [5, 5.41) is 2.70. The lowest BCUT2D eigenvalue weighted by molar-refractivity contribution is -0.119. The Morgan fingerprint density at radius 2 is 1.97 bits per heavy atom. The highest BCUT2D eigenvalue weighted by Crippen LogP contribution is 2.26. The summed E-state index contributed by atoms with van der Waals surface area (Å²) in [6.45, 7) is 3.90. The van der Waals surface area contributed by atoms with Crippen LogP contribution in [-0.4, -0.2) is 47.2 Å². The molecule has 1 amide bonds. The number of rotatable bonds is 5. The third kappa shape index (κ3) is 4.41. The fourth-order valence-corrected chi connectivity index (χ4v) is 3.95.